The molecule has 1 amide bonds. The van der Waals surface area contributed by atoms with Crippen molar-refractivity contribution < 1.29 is 14.6 Å². The smallest absolute Gasteiger partial charge is 0.254 e. The molecule has 2 aromatic rings. The number of methoxy groups -OCH3 is 1. The summed E-state index contributed by atoms with van der Waals surface area (Å²) in [6.45, 7) is 1.68. The third-order valence-electron chi connectivity index (χ3n) is 4.62. The van der Waals surface area contributed by atoms with E-state index >= 15 is 0 Å². The van der Waals surface area contributed by atoms with Gasteiger partial charge >= 0.3 is 0 Å². The van der Waals surface area contributed by atoms with E-state index in [1.54, 1.807) is 26.4 Å². The first kappa shape index (κ1) is 18.1. The quantitative estimate of drug-likeness (QED) is 0.698. The van der Waals surface area contributed by atoms with Crippen molar-refractivity contribution >= 4 is 5.91 Å². The van der Waals surface area contributed by atoms with E-state index in [0.29, 0.717) is 30.0 Å². The molecule has 0 radical (unpaired) electrons. The molecule has 3 rings (SSSR count). The number of aromatic nitrogens is 3. The summed E-state index contributed by atoms with van der Waals surface area (Å²) in [7, 11) is 1.55. The van der Waals surface area contributed by atoms with E-state index in [0.717, 1.165) is 5.56 Å². The van der Waals surface area contributed by atoms with Gasteiger partial charge in [0.25, 0.3) is 5.56 Å². The van der Waals surface area contributed by atoms with Crippen LogP contribution in [-0.2, 0) is 11.2 Å². The standard InChI is InChI=1S/C18H22N4O4/c1-10-20-8-13(18(25)21-10)6-16(24)22-17(11-3-14(23)4-11)12-5-15(26-2)9-19-7-12/h5,7-9,11,14,17,23H,3-4,6H2,1-2H3,(H,22,24)(H,20,21,25)/t11?,14?,17-/m0/s1. The molecule has 0 aliphatic heterocycles. The van der Waals surface area contributed by atoms with Crippen LogP contribution < -0.4 is 15.6 Å². The topological polar surface area (TPSA) is 117 Å². The lowest BCUT2D eigenvalue weighted by atomic mass is 9.75. The third-order valence-corrected chi connectivity index (χ3v) is 4.62. The molecule has 1 aliphatic rings. The van der Waals surface area contributed by atoms with Crippen molar-refractivity contribution in [3.05, 3.63) is 52.0 Å². The predicted molar refractivity (Wildman–Crippen MR) is 93.7 cm³/mol. The summed E-state index contributed by atoms with van der Waals surface area (Å²) in [4.78, 5) is 35.2. The van der Waals surface area contributed by atoms with Crippen LogP contribution in [0.5, 0.6) is 5.75 Å². The van der Waals surface area contributed by atoms with E-state index < -0.39 is 0 Å². The number of aliphatic hydroxyl groups excluding tert-OH is 1. The van der Waals surface area contributed by atoms with Gasteiger partial charge in [-0.3, -0.25) is 14.6 Å². The van der Waals surface area contributed by atoms with Crippen LogP contribution in [0.2, 0.25) is 0 Å². The molecule has 0 saturated heterocycles. The van der Waals surface area contributed by atoms with Gasteiger partial charge in [-0.15, -0.1) is 0 Å². The first-order valence-corrected chi connectivity index (χ1v) is 8.47. The van der Waals surface area contributed by atoms with Crippen LogP contribution >= 0.6 is 0 Å². The normalized spacial score (nSPS) is 20.1. The summed E-state index contributed by atoms with van der Waals surface area (Å²) in [5, 5.41) is 12.6. The van der Waals surface area contributed by atoms with Gasteiger partial charge < -0.3 is 20.1 Å². The summed E-state index contributed by atoms with van der Waals surface area (Å²) in [5.74, 6) is 0.927. The lowest BCUT2D eigenvalue weighted by Crippen LogP contribution is -2.42. The van der Waals surface area contributed by atoms with Crippen molar-refractivity contribution in [2.45, 2.75) is 38.3 Å². The van der Waals surface area contributed by atoms with Gasteiger partial charge in [0, 0.05) is 18.0 Å². The molecule has 1 saturated carbocycles. The van der Waals surface area contributed by atoms with Gasteiger partial charge in [-0.25, -0.2) is 4.98 Å². The minimum atomic E-state index is -0.345. The number of nitrogens with one attached hydrogen (secondary N) is 2. The number of nitrogens with zero attached hydrogens (tertiary/aromatic N) is 2. The van der Waals surface area contributed by atoms with Crippen molar-refractivity contribution in [3.8, 4) is 5.75 Å². The largest absolute Gasteiger partial charge is 0.495 e. The highest BCUT2D eigenvalue weighted by Gasteiger charge is 2.36. The van der Waals surface area contributed by atoms with Crippen LogP contribution in [0.4, 0.5) is 0 Å². The first-order chi connectivity index (χ1) is 12.5. The zero-order chi connectivity index (χ0) is 18.7. The molecular weight excluding hydrogens is 336 g/mol. The minimum absolute atomic E-state index is 0.0637. The average molecular weight is 358 g/mol. The monoisotopic (exact) mass is 358 g/mol. The van der Waals surface area contributed by atoms with Gasteiger partial charge in [0.15, 0.2) is 0 Å². The number of pyridine rings is 1. The molecule has 0 aromatic carbocycles. The number of aromatic amines is 1. The van der Waals surface area contributed by atoms with Gasteiger partial charge in [-0.1, -0.05) is 0 Å². The van der Waals surface area contributed by atoms with Crippen molar-refractivity contribution in [1.29, 1.82) is 0 Å². The highest BCUT2D eigenvalue weighted by atomic mass is 16.5. The number of H-pyrrole nitrogens is 1. The van der Waals surface area contributed by atoms with E-state index in [9.17, 15) is 14.7 Å². The fraction of sp³-hybridized carbons (Fsp3) is 0.444. The van der Waals surface area contributed by atoms with Crippen LogP contribution in [0.1, 0.15) is 35.8 Å². The Morgan fingerprint density at radius 2 is 2.19 bits per heavy atom. The molecule has 3 N–H and O–H groups in total. The Kier molecular flexibility index (Phi) is 5.32. The van der Waals surface area contributed by atoms with Gasteiger partial charge in [0.2, 0.25) is 5.91 Å². The highest BCUT2D eigenvalue weighted by molar-refractivity contribution is 5.78. The van der Waals surface area contributed by atoms with Crippen molar-refractivity contribution in [1.82, 2.24) is 20.3 Å². The number of rotatable bonds is 6. The molecule has 1 aliphatic carbocycles. The summed E-state index contributed by atoms with van der Waals surface area (Å²) < 4.78 is 5.21. The van der Waals surface area contributed by atoms with E-state index in [1.165, 1.54) is 6.20 Å². The van der Waals surface area contributed by atoms with E-state index in [4.69, 9.17) is 4.74 Å². The van der Waals surface area contributed by atoms with Gasteiger partial charge in [-0.2, -0.15) is 0 Å². The number of ether oxygens (including phenoxy) is 1. The number of carbonyl (C=O) groups is 1. The Bertz CT molecular complexity index is 845. The average Bonchev–Trinajstić information content (AvgIpc) is 2.60. The Morgan fingerprint density at radius 3 is 2.85 bits per heavy atom. The van der Waals surface area contributed by atoms with Crippen LogP contribution in [0.15, 0.2) is 29.5 Å². The maximum atomic E-state index is 12.5. The van der Waals surface area contributed by atoms with Crippen molar-refractivity contribution in [2.24, 2.45) is 5.92 Å². The Balaban J connectivity index is 1.76. The number of carbonyl (C=O) groups excluding carboxylic acids is 1. The van der Waals surface area contributed by atoms with Gasteiger partial charge in [-0.05, 0) is 37.3 Å². The Hall–Kier alpha value is -2.74. The van der Waals surface area contributed by atoms with E-state index in [-0.39, 0.29) is 36.0 Å². The number of aryl methyl sites for hydroxylation is 1. The minimum Gasteiger partial charge on any atom is -0.495 e. The predicted octanol–water partition coefficient (Wildman–Crippen LogP) is 0.653. The molecular formula is C18H22N4O4. The van der Waals surface area contributed by atoms with Crippen LogP contribution in [0.25, 0.3) is 0 Å². The second-order valence-electron chi connectivity index (χ2n) is 6.59. The molecule has 8 nitrogen and oxygen atoms in total. The summed E-state index contributed by atoms with van der Waals surface area (Å²) in [6, 6.07) is 1.52. The van der Waals surface area contributed by atoms with E-state index in [1.807, 2.05) is 6.07 Å². The SMILES string of the molecule is COc1cncc([C@@H](NC(=O)Cc2cnc(C)[nH]c2=O)C2CC(O)C2)c1. The number of amides is 1. The van der Waals surface area contributed by atoms with E-state index in [2.05, 4.69) is 20.3 Å². The molecule has 0 spiro atoms. The summed E-state index contributed by atoms with van der Waals surface area (Å²) >= 11 is 0. The molecule has 2 aromatic heterocycles. The van der Waals surface area contributed by atoms with Gasteiger partial charge in [0.1, 0.15) is 11.6 Å². The fourth-order valence-corrected chi connectivity index (χ4v) is 3.13. The zero-order valence-corrected chi connectivity index (χ0v) is 14.7. The lowest BCUT2D eigenvalue weighted by Gasteiger charge is -2.38. The van der Waals surface area contributed by atoms with Crippen LogP contribution in [0.3, 0.4) is 0 Å². The first-order valence-electron chi connectivity index (χ1n) is 8.47. The molecule has 2 heterocycles. The second kappa shape index (κ2) is 7.65. The molecule has 1 fully saturated rings. The van der Waals surface area contributed by atoms with Crippen LogP contribution in [0, 0.1) is 12.8 Å². The molecule has 138 valence electrons. The molecule has 0 unspecified atom stereocenters. The lowest BCUT2D eigenvalue weighted by molar-refractivity contribution is -0.122. The molecule has 26 heavy (non-hydrogen) atoms. The number of hydrogen-bond donors (Lipinski definition) is 3. The second-order valence-corrected chi connectivity index (χ2v) is 6.59. The third kappa shape index (κ3) is 4.08. The maximum Gasteiger partial charge on any atom is 0.254 e. The summed E-state index contributed by atoms with van der Waals surface area (Å²) in [5.41, 5.74) is 0.807. The number of hydrogen-bond acceptors (Lipinski definition) is 6. The van der Waals surface area contributed by atoms with Crippen molar-refractivity contribution in [2.75, 3.05) is 7.11 Å². The van der Waals surface area contributed by atoms with Crippen LogP contribution in [-0.4, -0.2) is 39.2 Å². The van der Waals surface area contributed by atoms with Crippen molar-refractivity contribution in [3.63, 3.8) is 0 Å². The Morgan fingerprint density at radius 1 is 1.42 bits per heavy atom. The molecule has 8 heteroatoms. The number of aliphatic hydroxyl groups is 1. The molecule has 1 atom stereocenters. The maximum absolute atomic E-state index is 12.5. The zero-order valence-electron chi connectivity index (χ0n) is 14.7. The highest BCUT2D eigenvalue weighted by Crippen LogP contribution is 2.38. The Labute approximate surface area is 150 Å². The van der Waals surface area contributed by atoms with Gasteiger partial charge in [0.05, 0.1) is 31.9 Å². The fourth-order valence-electron chi connectivity index (χ4n) is 3.13. The molecule has 0 bridgehead atoms. The summed E-state index contributed by atoms with van der Waals surface area (Å²) in [6.07, 6.45) is 5.49.